The number of nitrogens with zero attached hydrogens (tertiary/aromatic N) is 2. The maximum Gasteiger partial charge on any atom is 0.213 e. The van der Waals surface area contributed by atoms with Gasteiger partial charge in [0.2, 0.25) is 5.78 Å². The summed E-state index contributed by atoms with van der Waals surface area (Å²) in [7, 11) is 0. The van der Waals surface area contributed by atoms with Gasteiger partial charge in [-0.05, 0) is 36.4 Å². The molecule has 4 rings (SSSR count). The summed E-state index contributed by atoms with van der Waals surface area (Å²) in [5, 5.41) is 0.587. The minimum atomic E-state index is -0.172. The molecule has 0 aliphatic heterocycles. The summed E-state index contributed by atoms with van der Waals surface area (Å²) in [6.45, 7) is 0. The topological polar surface area (TPSA) is 42.9 Å². The average molecular weight is 345 g/mol. The number of fused-ring (bicyclic) bond motifs is 1. The van der Waals surface area contributed by atoms with Crippen molar-refractivity contribution in [1.29, 1.82) is 0 Å². The maximum atomic E-state index is 13.0. The second-order valence-electron chi connectivity index (χ2n) is 5.61. The third kappa shape index (κ3) is 3.02. The van der Waals surface area contributed by atoms with Gasteiger partial charge in [0.15, 0.2) is 0 Å². The maximum absolute atomic E-state index is 13.0. The smallest absolute Gasteiger partial charge is 0.213 e. The molecule has 0 aliphatic carbocycles. The molecule has 0 fully saturated rings. The van der Waals surface area contributed by atoms with Crippen molar-refractivity contribution in [3.8, 4) is 11.3 Å². The first-order valence-corrected chi connectivity index (χ1v) is 8.22. The fraction of sp³-hybridized carbons (Fsp3) is 0. The lowest BCUT2D eigenvalue weighted by Gasteiger charge is -2.09. The number of halogens is 1. The molecule has 4 heteroatoms. The number of ketones is 1. The van der Waals surface area contributed by atoms with E-state index in [4.69, 9.17) is 16.6 Å². The molecule has 3 aromatic carbocycles. The average Bonchev–Trinajstić information content (AvgIpc) is 2.68. The summed E-state index contributed by atoms with van der Waals surface area (Å²) in [5.74, 6) is -0.172. The minimum Gasteiger partial charge on any atom is -0.287 e. The Hall–Kier alpha value is -3.04. The molecule has 25 heavy (non-hydrogen) atoms. The van der Waals surface area contributed by atoms with Crippen molar-refractivity contribution in [1.82, 2.24) is 9.97 Å². The fourth-order valence-electron chi connectivity index (χ4n) is 2.69. The molecular formula is C21H13ClN2O. The summed E-state index contributed by atoms with van der Waals surface area (Å²) in [6.07, 6.45) is 0. The number of hydrogen-bond acceptors (Lipinski definition) is 3. The van der Waals surface area contributed by atoms with E-state index >= 15 is 0 Å². The van der Waals surface area contributed by atoms with Crippen LogP contribution in [-0.2, 0) is 0 Å². The fourth-order valence-corrected chi connectivity index (χ4v) is 2.82. The molecular weight excluding hydrogens is 332 g/mol. The Morgan fingerprint density at radius 1 is 0.720 bits per heavy atom. The standard InChI is InChI=1S/C21H13ClN2O/c22-16-12-10-15(11-13-16)21(25)20-19(14-6-2-1-3-7-14)23-17-8-4-5-9-18(17)24-20/h1-13H. The van der Waals surface area contributed by atoms with Gasteiger partial charge < -0.3 is 0 Å². The Labute approximate surface area is 149 Å². The molecule has 0 saturated heterocycles. The first-order chi connectivity index (χ1) is 12.2. The molecule has 3 nitrogen and oxygen atoms in total. The molecule has 0 saturated carbocycles. The zero-order valence-electron chi connectivity index (χ0n) is 13.2. The Kier molecular flexibility index (Phi) is 4.00. The van der Waals surface area contributed by atoms with E-state index in [1.54, 1.807) is 24.3 Å². The number of carbonyl (C=O) groups excluding carboxylic acids is 1. The van der Waals surface area contributed by atoms with Gasteiger partial charge in [0, 0.05) is 16.1 Å². The van der Waals surface area contributed by atoms with Crippen LogP contribution in [0.5, 0.6) is 0 Å². The molecule has 0 spiro atoms. The van der Waals surface area contributed by atoms with E-state index in [1.165, 1.54) is 0 Å². The van der Waals surface area contributed by atoms with Crippen molar-refractivity contribution < 1.29 is 4.79 Å². The van der Waals surface area contributed by atoms with Crippen molar-refractivity contribution in [2.24, 2.45) is 0 Å². The molecule has 0 atom stereocenters. The predicted octanol–water partition coefficient (Wildman–Crippen LogP) is 5.18. The van der Waals surface area contributed by atoms with Crippen LogP contribution in [-0.4, -0.2) is 15.8 Å². The SMILES string of the molecule is O=C(c1ccc(Cl)cc1)c1nc2ccccc2nc1-c1ccccc1. The lowest BCUT2D eigenvalue weighted by atomic mass is 10.0. The van der Waals surface area contributed by atoms with E-state index in [0.29, 0.717) is 27.5 Å². The van der Waals surface area contributed by atoms with Crippen LogP contribution >= 0.6 is 11.6 Å². The summed E-state index contributed by atoms with van der Waals surface area (Å²) in [5.41, 5.74) is 3.77. The van der Waals surface area contributed by atoms with Crippen LogP contribution in [0.1, 0.15) is 16.1 Å². The first-order valence-electron chi connectivity index (χ1n) is 7.85. The summed E-state index contributed by atoms with van der Waals surface area (Å²) in [6, 6.07) is 24.0. The number of aromatic nitrogens is 2. The van der Waals surface area contributed by atoms with Gasteiger partial charge in [-0.25, -0.2) is 9.97 Å². The van der Waals surface area contributed by atoms with Crippen LogP contribution in [0, 0.1) is 0 Å². The van der Waals surface area contributed by atoms with Crippen molar-refractivity contribution in [2.45, 2.75) is 0 Å². The molecule has 1 heterocycles. The summed E-state index contributed by atoms with van der Waals surface area (Å²) >= 11 is 5.93. The van der Waals surface area contributed by atoms with Gasteiger partial charge in [-0.2, -0.15) is 0 Å². The monoisotopic (exact) mass is 344 g/mol. The summed E-state index contributed by atoms with van der Waals surface area (Å²) in [4.78, 5) is 22.4. The zero-order chi connectivity index (χ0) is 17.2. The molecule has 120 valence electrons. The minimum absolute atomic E-state index is 0.172. The second kappa shape index (κ2) is 6.46. The van der Waals surface area contributed by atoms with Crippen molar-refractivity contribution in [3.05, 3.63) is 95.1 Å². The van der Waals surface area contributed by atoms with E-state index in [1.807, 2.05) is 54.6 Å². The highest BCUT2D eigenvalue weighted by Crippen LogP contribution is 2.25. The molecule has 0 N–H and O–H groups in total. The second-order valence-corrected chi connectivity index (χ2v) is 6.05. The largest absolute Gasteiger partial charge is 0.287 e. The third-order valence-electron chi connectivity index (χ3n) is 3.94. The Morgan fingerprint density at radius 3 is 2.00 bits per heavy atom. The third-order valence-corrected chi connectivity index (χ3v) is 4.19. The van der Waals surface area contributed by atoms with E-state index < -0.39 is 0 Å². The normalized spacial score (nSPS) is 10.8. The number of hydrogen-bond donors (Lipinski definition) is 0. The van der Waals surface area contributed by atoms with Crippen LogP contribution in [0.3, 0.4) is 0 Å². The quantitative estimate of drug-likeness (QED) is 0.481. The van der Waals surface area contributed by atoms with Gasteiger partial charge >= 0.3 is 0 Å². The highest BCUT2D eigenvalue weighted by molar-refractivity contribution is 6.30. The lowest BCUT2D eigenvalue weighted by molar-refractivity contribution is 0.103. The molecule has 1 aromatic heterocycles. The van der Waals surface area contributed by atoms with Gasteiger partial charge in [-0.15, -0.1) is 0 Å². The van der Waals surface area contributed by atoms with E-state index in [-0.39, 0.29) is 5.78 Å². The van der Waals surface area contributed by atoms with Crippen LogP contribution in [0.25, 0.3) is 22.3 Å². The Bertz CT molecular complexity index is 1060. The van der Waals surface area contributed by atoms with Crippen LogP contribution in [0.15, 0.2) is 78.9 Å². The number of benzene rings is 3. The number of para-hydroxylation sites is 2. The van der Waals surface area contributed by atoms with Gasteiger partial charge in [-0.1, -0.05) is 54.1 Å². The van der Waals surface area contributed by atoms with E-state index in [9.17, 15) is 4.79 Å². The van der Waals surface area contributed by atoms with E-state index in [0.717, 1.165) is 11.1 Å². The van der Waals surface area contributed by atoms with Crippen LogP contribution < -0.4 is 0 Å². The first kappa shape index (κ1) is 15.5. The predicted molar refractivity (Wildman–Crippen MR) is 99.9 cm³/mol. The zero-order valence-corrected chi connectivity index (χ0v) is 13.9. The van der Waals surface area contributed by atoms with Gasteiger partial charge in [0.25, 0.3) is 0 Å². The lowest BCUT2D eigenvalue weighted by Crippen LogP contribution is -2.08. The molecule has 0 radical (unpaired) electrons. The summed E-state index contributed by atoms with van der Waals surface area (Å²) < 4.78 is 0. The Morgan fingerprint density at radius 2 is 1.32 bits per heavy atom. The molecule has 0 unspecified atom stereocenters. The number of carbonyl (C=O) groups is 1. The van der Waals surface area contributed by atoms with Crippen LogP contribution in [0.4, 0.5) is 0 Å². The van der Waals surface area contributed by atoms with Crippen molar-refractivity contribution in [3.63, 3.8) is 0 Å². The van der Waals surface area contributed by atoms with Gasteiger partial charge in [0.05, 0.1) is 11.0 Å². The van der Waals surface area contributed by atoms with Gasteiger partial charge in [0.1, 0.15) is 11.4 Å². The molecule has 0 bridgehead atoms. The van der Waals surface area contributed by atoms with E-state index in [2.05, 4.69) is 4.98 Å². The highest BCUT2D eigenvalue weighted by Gasteiger charge is 2.19. The van der Waals surface area contributed by atoms with Gasteiger partial charge in [-0.3, -0.25) is 4.79 Å². The van der Waals surface area contributed by atoms with Crippen molar-refractivity contribution >= 4 is 28.4 Å². The molecule has 4 aromatic rings. The molecule has 0 amide bonds. The molecule has 0 aliphatic rings. The van der Waals surface area contributed by atoms with Crippen LogP contribution in [0.2, 0.25) is 5.02 Å². The Balaban J connectivity index is 1.94. The highest BCUT2D eigenvalue weighted by atomic mass is 35.5. The number of rotatable bonds is 3. The van der Waals surface area contributed by atoms with Crippen molar-refractivity contribution in [2.75, 3.05) is 0 Å².